The van der Waals surface area contributed by atoms with Crippen LogP contribution in [0.2, 0.25) is 0 Å². The summed E-state index contributed by atoms with van der Waals surface area (Å²) in [6.07, 6.45) is 2.72. The summed E-state index contributed by atoms with van der Waals surface area (Å²) in [5, 5.41) is 11.4. The molecule has 100 valence electrons. The summed E-state index contributed by atoms with van der Waals surface area (Å²) in [6, 6.07) is 12.8. The molecule has 0 spiro atoms. The normalized spacial score (nSPS) is 16.1. The van der Waals surface area contributed by atoms with E-state index in [0.717, 1.165) is 5.75 Å². The molecule has 1 aliphatic heterocycles. The SMILES string of the molecule is OCCOc1ccc([S+]2CCCC2)c2ccccc12. The summed E-state index contributed by atoms with van der Waals surface area (Å²) in [4.78, 5) is 1.49. The Hall–Kier alpha value is -1.19. The monoisotopic (exact) mass is 275 g/mol. The molecule has 0 amide bonds. The fraction of sp³-hybridized carbons (Fsp3) is 0.375. The van der Waals surface area contributed by atoms with Crippen LogP contribution in [0.4, 0.5) is 0 Å². The van der Waals surface area contributed by atoms with Gasteiger partial charge in [0, 0.05) is 21.7 Å². The highest BCUT2D eigenvalue weighted by molar-refractivity contribution is 7.97. The number of aliphatic hydroxyl groups excluding tert-OH is 1. The highest BCUT2D eigenvalue weighted by atomic mass is 32.2. The molecule has 0 radical (unpaired) electrons. The summed E-state index contributed by atoms with van der Waals surface area (Å²) in [7, 11) is 0.416. The molecule has 3 rings (SSSR count). The molecular formula is C16H19O2S+. The molecule has 2 nitrogen and oxygen atoms in total. The number of rotatable bonds is 4. The van der Waals surface area contributed by atoms with Crippen molar-refractivity contribution in [1.29, 1.82) is 0 Å². The minimum absolute atomic E-state index is 0.0560. The van der Waals surface area contributed by atoms with Crippen LogP contribution in [0, 0.1) is 0 Å². The Kier molecular flexibility index (Phi) is 3.95. The lowest BCUT2D eigenvalue weighted by atomic mass is 10.1. The van der Waals surface area contributed by atoms with Crippen molar-refractivity contribution in [3.8, 4) is 5.75 Å². The molecule has 1 fully saturated rings. The van der Waals surface area contributed by atoms with Gasteiger partial charge in [0.05, 0.1) is 6.61 Å². The molecule has 3 heteroatoms. The van der Waals surface area contributed by atoms with Gasteiger partial charge in [-0.05, 0) is 31.0 Å². The minimum atomic E-state index is 0.0560. The van der Waals surface area contributed by atoms with E-state index in [1.165, 1.54) is 40.0 Å². The molecule has 0 atom stereocenters. The maximum atomic E-state index is 8.90. The van der Waals surface area contributed by atoms with Gasteiger partial charge in [-0.3, -0.25) is 0 Å². The summed E-state index contributed by atoms with van der Waals surface area (Å²) in [5.74, 6) is 3.55. The zero-order valence-corrected chi connectivity index (χ0v) is 11.8. The van der Waals surface area contributed by atoms with E-state index in [0.29, 0.717) is 17.5 Å². The Bertz CT molecular complexity index is 562. The summed E-state index contributed by atoms with van der Waals surface area (Å²) >= 11 is 0. The Balaban J connectivity index is 2.05. The van der Waals surface area contributed by atoms with Crippen LogP contribution in [-0.4, -0.2) is 29.8 Å². The highest BCUT2D eigenvalue weighted by Gasteiger charge is 2.29. The zero-order valence-electron chi connectivity index (χ0n) is 11.0. The van der Waals surface area contributed by atoms with Gasteiger partial charge in [-0.1, -0.05) is 18.2 Å². The first-order valence-corrected chi connectivity index (χ1v) is 8.39. The van der Waals surface area contributed by atoms with Crippen LogP contribution in [0.3, 0.4) is 0 Å². The van der Waals surface area contributed by atoms with Crippen molar-refractivity contribution in [2.75, 3.05) is 24.7 Å². The first kappa shape index (κ1) is 12.8. The highest BCUT2D eigenvalue weighted by Crippen LogP contribution is 2.34. The Morgan fingerprint density at radius 2 is 1.74 bits per heavy atom. The average Bonchev–Trinajstić information content (AvgIpc) is 2.98. The second-order valence-corrected chi connectivity index (χ2v) is 7.03. The van der Waals surface area contributed by atoms with Crippen molar-refractivity contribution in [3.05, 3.63) is 36.4 Å². The van der Waals surface area contributed by atoms with Crippen LogP contribution in [0.5, 0.6) is 5.75 Å². The van der Waals surface area contributed by atoms with Crippen molar-refractivity contribution in [2.45, 2.75) is 17.7 Å². The minimum Gasteiger partial charge on any atom is -0.491 e. The molecule has 0 unspecified atom stereocenters. The molecule has 1 saturated heterocycles. The third-order valence-electron chi connectivity index (χ3n) is 3.54. The molecule has 1 heterocycles. The second-order valence-electron chi connectivity index (χ2n) is 4.79. The third kappa shape index (κ3) is 2.58. The van der Waals surface area contributed by atoms with Crippen LogP contribution in [0.15, 0.2) is 41.3 Å². The number of benzene rings is 2. The first-order chi connectivity index (χ1) is 9.40. The van der Waals surface area contributed by atoms with Crippen LogP contribution < -0.4 is 4.74 Å². The Morgan fingerprint density at radius 3 is 2.47 bits per heavy atom. The molecule has 0 saturated carbocycles. The number of aliphatic hydroxyl groups is 1. The molecule has 1 N–H and O–H groups in total. The van der Waals surface area contributed by atoms with Gasteiger partial charge < -0.3 is 9.84 Å². The lowest BCUT2D eigenvalue weighted by molar-refractivity contribution is 0.203. The topological polar surface area (TPSA) is 29.5 Å². The molecule has 0 bridgehead atoms. The maximum Gasteiger partial charge on any atom is 0.162 e. The number of hydrogen-bond acceptors (Lipinski definition) is 2. The van der Waals surface area contributed by atoms with E-state index in [4.69, 9.17) is 9.84 Å². The predicted molar refractivity (Wildman–Crippen MR) is 81.1 cm³/mol. The Morgan fingerprint density at radius 1 is 1.00 bits per heavy atom. The van der Waals surface area contributed by atoms with Gasteiger partial charge in [0.15, 0.2) is 4.90 Å². The van der Waals surface area contributed by atoms with Crippen LogP contribution >= 0.6 is 0 Å². The lowest BCUT2D eigenvalue weighted by Gasteiger charge is -2.10. The van der Waals surface area contributed by atoms with E-state index in [9.17, 15) is 0 Å². The summed E-state index contributed by atoms with van der Waals surface area (Å²) in [5.41, 5.74) is 0. The average molecular weight is 275 g/mol. The van der Waals surface area contributed by atoms with Crippen molar-refractivity contribution in [1.82, 2.24) is 0 Å². The van der Waals surface area contributed by atoms with Gasteiger partial charge in [-0.15, -0.1) is 0 Å². The first-order valence-electron chi connectivity index (χ1n) is 6.83. The van der Waals surface area contributed by atoms with Gasteiger partial charge in [-0.2, -0.15) is 0 Å². The van der Waals surface area contributed by atoms with Crippen molar-refractivity contribution in [2.24, 2.45) is 0 Å². The number of ether oxygens (including phenoxy) is 1. The van der Waals surface area contributed by atoms with Crippen LogP contribution in [-0.2, 0) is 10.9 Å². The number of hydrogen-bond donors (Lipinski definition) is 1. The van der Waals surface area contributed by atoms with E-state index in [-0.39, 0.29) is 6.61 Å². The lowest BCUT2D eigenvalue weighted by Crippen LogP contribution is -2.06. The van der Waals surface area contributed by atoms with Gasteiger partial charge >= 0.3 is 0 Å². The van der Waals surface area contributed by atoms with E-state index < -0.39 is 0 Å². The Labute approximate surface area is 116 Å². The zero-order chi connectivity index (χ0) is 13.1. The van der Waals surface area contributed by atoms with Crippen LogP contribution in [0.25, 0.3) is 10.8 Å². The molecule has 19 heavy (non-hydrogen) atoms. The van der Waals surface area contributed by atoms with E-state index >= 15 is 0 Å². The van der Waals surface area contributed by atoms with Gasteiger partial charge in [0.2, 0.25) is 0 Å². The van der Waals surface area contributed by atoms with Crippen LogP contribution in [0.1, 0.15) is 12.8 Å². The second kappa shape index (κ2) is 5.85. The fourth-order valence-corrected chi connectivity index (χ4v) is 5.15. The smallest absolute Gasteiger partial charge is 0.162 e. The van der Waals surface area contributed by atoms with Crippen molar-refractivity contribution in [3.63, 3.8) is 0 Å². The van der Waals surface area contributed by atoms with Crippen molar-refractivity contribution < 1.29 is 9.84 Å². The van der Waals surface area contributed by atoms with E-state index in [1.807, 2.05) is 0 Å². The van der Waals surface area contributed by atoms with Gasteiger partial charge in [0.1, 0.15) is 23.9 Å². The molecule has 2 aromatic carbocycles. The van der Waals surface area contributed by atoms with Gasteiger partial charge in [0.25, 0.3) is 0 Å². The molecule has 2 aromatic rings. The third-order valence-corrected chi connectivity index (χ3v) is 6.08. The molecular weight excluding hydrogens is 256 g/mol. The quantitative estimate of drug-likeness (QED) is 0.869. The predicted octanol–water partition coefficient (Wildman–Crippen LogP) is 2.98. The van der Waals surface area contributed by atoms with E-state index in [2.05, 4.69) is 36.4 Å². The summed E-state index contributed by atoms with van der Waals surface area (Å²) in [6.45, 7) is 0.412. The summed E-state index contributed by atoms with van der Waals surface area (Å²) < 4.78 is 5.64. The van der Waals surface area contributed by atoms with Gasteiger partial charge in [-0.25, -0.2) is 0 Å². The molecule has 0 aliphatic carbocycles. The standard InChI is InChI=1S/C16H19O2S/c17-9-10-18-15-7-8-16(19-11-3-4-12-19)14-6-2-1-5-13(14)15/h1-2,5-8,17H,3-4,9-12H2/q+1. The van der Waals surface area contributed by atoms with Crippen molar-refractivity contribution >= 4 is 21.7 Å². The van der Waals surface area contributed by atoms with E-state index in [1.54, 1.807) is 0 Å². The maximum absolute atomic E-state index is 8.90. The molecule has 0 aromatic heterocycles. The molecule has 1 aliphatic rings. The number of fused-ring (bicyclic) bond motifs is 1. The largest absolute Gasteiger partial charge is 0.491 e. The fourth-order valence-electron chi connectivity index (χ4n) is 2.65.